The van der Waals surface area contributed by atoms with E-state index in [1.54, 1.807) is 0 Å². The summed E-state index contributed by atoms with van der Waals surface area (Å²) in [5, 5.41) is 13.3. The van der Waals surface area contributed by atoms with Gasteiger partial charge in [0.05, 0.1) is 7.11 Å². The zero-order valence-corrected chi connectivity index (χ0v) is 24.9. The zero-order chi connectivity index (χ0) is 28.7. The molecular formula is C32H50N2O5. The third kappa shape index (κ3) is 8.91. The highest BCUT2D eigenvalue weighted by molar-refractivity contribution is 6.69. The van der Waals surface area contributed by atoms with E-state index in [2.05, 4.69) is 38.9 Å². The zero-order valence-electron chi connectivity index (χ0n) is 24.9. The number of esters is 2. The van der Waals surface area contributed by atoms with Crippen LogP contribution in [0.5, 0.6) is 0 Å². The molecule has 0 saturated heterocycles. The van der Waals surface area contributed by atoms with Crippen LogP contribution in [-0.4, -0.2) is 48.3 Å². The van der Waals surface area contributed by atoms with Crippen molar-refractivity contribution in [1.82, 2.24) is 0 Å². The van der Waals surface area contributed by atoms with Gasteiger partial charge < -0.3 is 14.7 Å². The smallest absolute Gasteiger partial charge is 0.363 e. The fourth-order valence-electron chi connectivity index (χ4n) is 6.02. The van der Waals surface area contributed by atoms with Crippen molar-refractivity contribution >= 4 is 23.4 Å². The van der Waals surface area contributed by atoms with E-state index in [1.807, 2.05) is 12.1 Å². The molecule has 1 atom stereocenters. The average Bonchev–Trinajstić information content (AvgIpc) is 2.93. The van der Waals surface area contributed by atoms with Crippen LogP contribution in [0.25, 0.3) is 0 Å². The van der Waals surface area contributed by atoms with Crippen molar-refractivity contribution in [2.24, 2.45) is 10.1 Å². The van der Waals surface area contributed by atoms with Gasteiger partial charge in [0.2, 0.25) is 5.71 Å². The van der Waals surface area contributed by atoms with E-state index in [-0.39, 0.29) is 11.1 Å². The molecule has 1 N–H and O–H groups in total. The van der Waals surface area contributed by atoms with Crippen LogP contribution in [0, 0.1) is 6.92 Å². The quantitative estimate of drug-likeness (QED) is 0.0682. The number of hydrogen-bond acceptors (Lipinski definition) is 7. The third-order valence-electron chi connectivity index (χ3n) is 7.86. The molecule has 1 heterocycles. The summed E-state index contributed by atoms with van der Waals surface area (Å²) in [6.07, 6.45) is 13.6. The molecule has 0 saturated carbocycles. The molecule has 1 aromatic rings. The maximum Gasteiger partial charge on any atom is 0.363 e. The predicted molar refractivity (Wildman–Crippen MR) is 157 cm³/mol. The number of fused-ring (bicyclic) bond motifs is 1. The Balaban J connectivity index is 2.13. The largest absolute Gasteiger partial charge is 0.466 e. The molecule has 0 fully saturated rings. The lowest BCUT2D eigenvalue weighted by atomic mass is 9.68. The average molecular weight is 543 g/mol. The van der Waals surface area contributed by atoms with Crippen molar-refractivity contribution in [1.29, 1.82) is 0 Å². The van der Waals surface area contributed by atoms with E-state index in [0.29, 0.717) is 18.7 Å². The molecule has 0 aliphatic carbocycles. The molecule has 1 aliphatic heterocycles. The van der Waals surface area contributed by atoms with Gasteiger partial charge in [-0.1, -0.05) is 108 Å². The van der Waals surface area contributed by atoms with Crippen molar-refractivity contribution in [2.75, 3.05) is 13.7 Å². The second-order valence-electron chi connectivity index (χ2n) is 10.9. The molecule has 0 radical (unpaired) electrons. The fraction of sp³-hybridized carbons (Fsp3) is 0.688. The van der Waals surface area contributed by atoms with Crippen LogP contribution in [0.1, 0.15) is 127 Å². The molecule has 0 amide bonds. The normalized spacial score (nSPS) is 15.3. The number of hydrogen-bond donors (Lipinski definition) is 1. The minimum absolute atomic E-state index is 0.122. The van der Waals surface area contributed by atoms with Gasteiger partial charge in [0.15, 0.2) is 6.10 Å². The Morgan fingerprint density at radius 3 is 2.15 bits per heavy atom. The van der Waals surface area contributed by atoms with Gasteiger partial charge in [0, 0.05) is 17.5 Å². The highest BCUT2D eigenvalue weighted by atomic mass is 16.6. The van der Waals surface area contributed by atoms with Gasteiger partial charge in [0.25, 0.3) is 0 Å². The van der Waals surface area contributed by atoms with Crippen LogP contribution in [0.2, 0.25) is 0 Å². The lowest BCUT2D eigenvalue weighted by Crippen LogP contribution is -2.41. The molecule has 0 bridgehead atoms. The Labute approximate surface area is 235 Å². The van der Waals surface area contributed by atoms with Gasteiger partial charge in [-0.2, -0.15) is 0 Å². The van der Waals surface area contributed by atoms with Crippen molar-refractivity contribution in [3.63, 3.8) is 0 Å². The van der Waals surface area contributed by atoms with E-state index in [0.717, 1.165) is 61.6 Å². The molecule has 218 valence electrons. The number of rotatable bonds is 18. The van der Waals surface area contributed by atoms with Crippen molar-refractivity contribution in [3.8, 4) is 0 Å². The lowest BCUT2D eigenvalue weighted by molar-refractivity contribution is -0.162. The monoisotopic (exact) mass is 542 g/mol. The lowest BCUT2D eigenvalue weighted by Gasteiger charge is -2.39. The van der Waals surface area contributed by atoms with E-state index in [9.17, 15) is 14.8 Å². The summed E-state index contributed by atoms with van der Waals surface area (Å²) >= 11 is 0. The number of unbranched alkanes of at least 4 members (excludes halogenated alkanes) is 8. The first-order chi connectivity index (χ1) is 18.9. The number of aryl methyl sites for hydroxylation is 1. The summed E-state index contributed by atoms with van der Waals surface area (Å²) in [6, 6.07) is 5.94. The van der Waals surface area contributed by atoms with Gasteiger partial charge in [-0.15, -0.1) is 0 Å². The first-order valence-electron chi connectivity index (χ1n) is 15.0. The van der Waals surface area contributed by atoms with E-state index in [4.69, 9.17) is 14.5 Å². The summed E-state index contributed by atoms with van der Waals surface area (Å²) in [6.45, 7) is 9.15. The van der Waals surface area contributed by atoms with Crippen LogP contribution >= 0.6 is 0 Å². The fourth-order valence-corrected chi connectivity index (χ4v) is 6.02. The summed E-state index contributed by atoms with van der Waals surface area (Å²) < 4.78 is 10.5. The first-order valence-corrected chi connectivity index (χ1v) is 15.0. The Kier molecular flexibility index (Phi) is 14.2. The summed E-state index contributed by atoms with van der Waals surface area (Å²) in [7, 11) is 1.28. The third-order valence-corrected chi connectivity index (χ3v) is 7.86. The maximum atomic E-state index is 13.3. The standard InChI is InChI=1S/C32H50N2O5/c1-6-9-10-11-12-13-14-15-16-20-26(30(35)38-5)39-31(36)29(34-37)28-25-19-17-18-24(4)27(25)32(21-7-2,22-8-3)23-33-28/h17-19,26,37H,6-16,20-23H2,1-5H3. The van der Waals surface area contributed by atoms with Crippen molar-refractivity contribution < 1.29 is 24.3 Å². The Hall–Kier alpha value is -2.70. The summed E-state index contributed by atoms with van der Waals surface area (Å²) in [4.78, 5) is 30.5. The highest BCUT2D eigenvalue weighted by Crippen LogP contribution is 2.41. The molecule has 39 heavy (non-hydrogen) atoms. The van der Waals surface area contributed by atoms with E-state index >= 15 is 0 Å². The number of carbonyl (C=O) groups excluding carboxylic acids is 2. The number of oxime groups is 1. The van der Waals surface area contributed by atoms with Gasteiger partial charge in [-0.25, -0.2) is 9.59 Å². The summed E-state index contributed by atoms with van der Waals surface area (Å²) in [5.41, 5.74) is 3.00. The maximum absolute atomic E-state index is 13.3. The van der Waals surface area contributed by atoms with Crippen molar-refractivity contribution in [2.45, 2.75) is 129 Å². The minimum Gasteiger partial charge on any atom is -0.466 e. The van der Waals surface area contributed by atoms with Crippen LogP contribution in [0.3, 0.4) is 0 Å². The molecule has 1 aliphatic rings. The molecule has 7 heteroatoms. The number of ether oxygens (including phenoxy) is 2. The van der Waals surface area contributed by atoms with Gasteiger partial charge in [0.1, 0.15) is 5.71 Å². The van der Waals surface area contributed by atoms with Crippen LogP contribution in [0.15, 0.2) is 28.3 Å². The Bertz CT molecular complexity index is 979. The minimum atomic E-state index is -1.05. The SMILES string of the molecule is CCCCCCCCCCCC(OC(=O)C(=NO)C1=NCC(CCC)(CCC)c2c(C)cccc21)C(=O)OC. The second-order valence-corrected chi connectivity index (χ2v) is 10.9. The van der Waals surface area contributed by atoms with E-state index in [1.165, 1.54) is 45.6 Å². The highest BCUT2D eigenvalue weighted by Gasteiger charge is 2.40. The topological polar surface area (TPSA) is 97.5 Å². The summed E-state index contributed by atoms with van der Waals surface area (Å²) in [5.74, 6) is -1.47. The Morgan fingerprint density at radius 1 is 0.974 bits per heavy atom. The van der Waals surface area contributed by atoms with Crippen LogP contribution in [0.4, 0.5) is 0 Å². The van der Waals surface area contributed by atoms with Crippen molar-refractivity contribution in [3.05, 3.63) is 34.9 Å². The Morgan fingerprint density at radius 2 is 1.59 bits per heavy atom. The van der Waals surface area contributed by atoms with E-state index < -0.39 is 18.0 Å². The number of benzene rings is 1. The second kappa shape index (κ2) is 17.1. The van der Waals surface area contributed by atoms with Gasteiger partial charge in [-0.3, -0.25) is 4.99 Å². The van der Waals surface area contributed by atoms with Crippen LogP contribution < -0.4 is 0 Å². The first kappa shape index (κ1) is 32.5. The number of nitrogens with zero attached hydrogens (tertiary/aromatic N) is 2. The molecule has 0 aromatic heterocycles. The molecule has 1 unspecified atom stereocenters. The number of methoxy groups -OCH3 is 1. The van der Waals surface area contributed by atoms with Gasteiger partial charge >= 0.3 is 11.9 Å². The predicted octanol–water partition coefficient (Wildman–Crippen LogP) is 7.47. The molecule has 0 spiro atoms. The van der Waals surface area contributed by atoms with Crippen LogP contribution in [-0.2, 0) is 24.5 Å². The molecule has 7 nitrogen and oxygen atoms in total. The number of aliphatic imine (C=N–C) groups is 1. The molecular weight excluding hydrogens is 492 g/mol. The molecule has 2 rings (SSSR count). The van der Waals surface area contributed by atoms with Gasteiger partial charge in [-0.05, 0) is 43.7 Å². The molecule has 1 aromatic carbocycles. The number of carbonyl (C=O) groups is 2.